The van der Waals surface area contributed by atoms with Crippen LogP contribution in [-0.4, -0.2) is 5.78 Å². The van der Waals surface area contributed by atoms with E-state index in [-0.39, 0.29) is 11.6 Å². The maximum Gasteiger partial charge on any atom is 0.162 e. The molecular weight excluding hydrogens is 215 g/mol. The molecule has 0 spiro atoms. The average Bonchev–Trinajstić information content (AvgIpc) is 2.33. The van der Waals surface area contributed by atoms with Gasteiger partial charge in [-0.1, -0.05) is 51.2 Å². The molecule has 0 saturated heterocycles. The zero-order valence-corrected chi connectivity index (χ0v) is 10.5. The summed E-state index contributed by atoms with van der Waals surface area (Å²) in [6.45, 7) is 2.19. The lowest BCUT2D eigenvalue weighted by Crippen LogP contribution is -1.99. The lowest BCUT2D eigenvalue weighted by atomic mass is 10.0. The molecule has 0 aliphatic heterocycles. The van der Waals surface area contributed by atoms with Crippen molar-refractivity contribution in [2.45, 2.75) is 51.9 Å². The Morgan fingerprint density at radius 2 is 1.82 bits per heavy atom. The Kier molecular flexibility index (Phi) is 6.53. The van der Waals surface area contributed by atoms with Crippen LogP contribution in [0.2, 0.25) is 0 Å². The summed E-state index contributed by atoms with van der Waals surface area (Å²) in [5.74, 6) is -0.279. The fourth-order valence-corrected chi connectivity index (χ4v) is 1.87. The zero-order chi connectivity index (χ0) is 12.5. The number of benzene rings is 1. The molecular formula is C15H21FO. The second-order valence-electron chi connectivity index (χ2n) is 4.45. The molecule has 0 N–H and O–H groups in total. The second kappa shape index (κ2) is 7.99. The van der Waals surface area contributed by atoms with E-state index in [0.717, 1.165) is 12.8 Å². The van der Waals surface area contributed by atoms with Crippen LogP contribution in [0.3, 0.4) is 0 Å². The number of ketones is 1. The molecule has 0 atom stereocenters. The van der Waals surface area contributed by atoms with Crippen molar-refractivity contribution in [2.24, 2.45) is 0 Å². The third-order valence-electron chi connectivity index (χ3n) is 2.90. The number of carbonyl (C=O) groups is 1. The minimum Gasteiger partial charge on any atom is -0.294 e. The maximum absolute atomic E-state index is 12.9. The average molecular weight is 236 g/mol. The van der Waals surface area contributed by atoms with E-state index < -0.39 is 0 Å². The molecule has 1 aromatic carbocycles. The molecule has 0 fully saturated rings. The molecule has 1 aromatic rings. The van der Waals surface area contributed by atoms with E-state index in [2.05, 4.69) is 6.92 Å². The fourth-order valence-electron chi connectivity index (χ4n) is 1.87. The number of hydrogen-bond acceptors (Lipinski definition) is 1. The quantitative estimate of drug-likeness (QED) is 0.470. The van der Waals surface area contributed by atoms with Crippen molar-refractivity contribution in [3.63, 3.8) is 0 Å². The van der Waals surface area contributed by atoms with Crippen molar-refractivity contribution < 1.29 is 9.18 Å². The predicted octanol–water partition coefficient (Wildman–Crippen LogP) is 4.76. The van der Waals surface area contributed by atoms with Gasteiger partial charge in [0.1, 0.15) is 5.82 Å². The first-order valence-corrected chi connectivity index (χ1v) is 6.53. The zero-order valence-electron chi connectivity index (χ0n) is 10.5. The molecule has 2 heteroatoms. The summed E-state index contributed by atoms with van der Waals surface area (Å²) in [6, 6.07) is 5.95. The topological polar surface area (TPSA) is 17.1 Å². The Bertz CT molecular complexity index is 347. The van der Waals surface area contributed by atoms with Gasteiger partial charge in [-0.2, -0.15) is 0 Å². The van der Waals surface area contributed by atoms with Gasteiger partial charge < -0.3 is 0 Å². The maximum atomic E-state index is 12.9. The van der Waals surface area contributed by atoms with Crippen LogP contribution >= 0.6 is 0 Å². The van der Waals surface area contributed by atoms with Crippen molar-refractivity contribution in [1.82, 2.24) is 0 Å². The van der Waals surface area contributed by atoms with Gasteiger partial charge in [0.15, 0.2) is 5.78 Å². The van der Waals surface area contributed by atoms with E-state index >= 15 is 0 Å². The largest absolute Gasteiger partial charge is 0.294 e. The van der Waals surface area contributed by atoms with E-state index in [9.17, 15) is 9.18 Å². The summed E-state index contributed by atoms with van der Waals surface area (Å²) in [5.41, 5.74) is 0.499. The normalized spacial score (nSPS) is 10.5. The van der Waals surface area contributed by atoms with Gasteiger partial charge in [-0.15, -0.1) is 0 Å². The van der Waals surface area contributed by atoms with Gasteiger partial charge in [0.2, 0.25) is 0 Å². The van der Waals surface area contributed by atoms with E-state index in [1.165, 1.54) is 37.8 Å². The van der Waals surface area contributed by atoms with Crippen molar-refractivity contribution in [3.05, 3.63) is 35.6 Å². The first kappa shape index (κ1) is 13.9. The van der Waals surface area contributed by atoms with Gasteiger partial charge in [-0.05, 0) is 18.6 Å². The van der Waals surface area contributed by atoms with Crippen molar-refractivity contribution >= 4 is 5.78 Å². The number of rotatable bonds is 8. The van der Waals surface area contributed by atoms with E-state index in [4.69, 9.17) is 0 Å². The van der Waals surface area contributed by atoms with Gasteiger partial charge in [0, 0.05) is 12.0 Å². The molecule has 1 nitrogen and oxygen atoms in total. The fraction of sp³-hybridized carbons (Fsp3) is 0.533. The lowest BCUT2D eigenvalue weighted by Gasteiger charge is -2.02. The van der Waals surface area contributed by atoms with Crippen LogP contribution in [-0.2, 0) is 0 Å². The van der Waals surface area contributed by atoms with Gasteiger partial charge >= 0.3 is 0 Å². The first-order chi connectivity index (χ1) is 8.24. The minimum absolute atomic E-state index is 0.0555. The SMILES string of the molecule is CCCCCCCCC(=O)c1cccc(F)c1. The Hall–Kier alpha value is -1.18. The Labute approximate surface area is 103 Å². The molecule has 0 aliphatic rings. The van der Waals surface area contributed by atoms with Crippen molar-refractivity contribution in [2.75, 3.05) is 0 Å². The predicted molar refractivity (Wildman–Crippen MR) is 68.7 cm³/mol. The monoisotopic (exact) mass is 236 g/mol. The highest BCUT2D eigenvalue weighted by molar-refractivity contribution is 5.95. The first-order valence-electron chi connectivity index (χ1n) is 6.53. The number of Topliss-reactive ketones (excluding diaryl/α,β-unsaturated/α-hetero) is 1. The van der Waals surface area contributed by atoms with E-state index in [1.54, 1.807) is 12.1 Å². The number of hydrogen-bond donors (Lipinski definition) is 0. The lowest BCUT2D eigenvalue weighted by molar-refractivity contribution is 0.0978. The standard InChI is InChI=1S/C15H21FO/c1-2-3-4-5-6-7-11-15(17)13-9-8-10-14(16)12-13/h8-10,12H,2-7,11H2,1H3. The second-order valence-corrected chi connectivity index (χ2v) is 4.45. The molecule has 0 bridgehead atoms. The van der Waals surface area contributed by atoms with Gasteiger partial charge in [0.25, 0.3) is 0 Å². The molecule has 0 radical (unpaired) electrons. The number of carbonyl (C=O) groups excluding carboxylic acids is 1. The molecule has 0 aliphatic carbocycles. The van der Waals surface area contributed by atoms with E-state index in [1.807, 2.05) is 0 Å². The van der Waals surface area contributed by atoms with Gasteiger partial charge in [-0.3, -0.25) is 4.79 Å². The Balaban J connectivity index is 2.21. The third kappa shape index (κ3) is 5.62. The molecule has 0 amide bonds. The summed E-state index contributed by atoms with van der Waals surface area (Å²) in [6.07, 6.45) is 7.52. The van der Waals surface area contributed by atoms with Crippen LogP contribution in [0.15, 0.2) is 24.3 Å². The van der Waals surface area contributed by atoms with Crippen LogP contribution < -0.4 is 0 Å². The van der Waals surface area contributed by atoms with Crippen LogP contribution in [0.1, 0.15) is 62.2 Å². The van der Waals surface area contributed by atoms with Crippen molar-refractivity contribution in [3.8, 4) is 0 Å². The van der Waals surface area contributed by atoms with Crippen molar-refractivity contribution in [1.29, 1.82) is 0 Å². The summed E-state index contributed by atoms with van der Waals surface area (Å²) >= 11 is 0. The summed E-state index contributed by atoms with van der Waals surface area (Å²) in [5, 5.41) is 0. The summed E-state index contributed by atoms with van der Waals surface area (Å²) in [7, 11) is 0. The summed E-state index contributed by atoms with van der Waals surface area (Å²) in [4.78, 5) is 11.7. The molecule has 0 unspecified atom stereocenters. The van der Waals surface area contributed by atoms with Gasteiger partial charge in [0.05, 0.1) is 0 Å². The van der Waals surface area contributed by atoms with Gasteiger partial charge in [-0.25, -0.2) is 4.39 Å². The molecule has 0 aromatic heterocycles. The number of unbranched alkanes of at least 4 members (excludes halogenated alkanes) is 5. The molecule has 17 heavy (non-hydrogen) atoms. The minimum atomic E-state index is -0.334. The van der Waals surface area contributed by atoms with Crippen LogP contribution in [0.25, 0.3) is 0 Å². The summed E-state index contributed by atoms with van der Waals surface area (Å²) < 4.78 is 12.9. The Morgan fingerprint density at radius 1 is 1.12 bits per heavy atom. The highest BCUT2D eigenvalue weighted by Gasteiger charge is 2.05. The molecule has 0 saturated carbocycles. The highest BCUT2D eigenvalue weighted by Crippen LogP contribution is 2.11. The Morgan fingerprint density at radius 3 is 2.53 bits per heavy atom. The van der Waals surface area contributed by atoms with Crippen LogP contribution in [0, 0.1) is 5.82 Å². The van der Waals surface area contributed by atoms with Crippen LogP contribution in [0.5, 0.6) is 0 Å². The van der Waals surface area contributed by atoms with E-state index in [0.29, 0.717) is 12.0 Å². The smallest absolute Gasteiger partial charge is 0.162 e. The molecule has 1 rings (SSSR count). The molecule has 94 valence electrons. The highest BCUT2D eigenvalue weighted by atomic mass is 19.1. The third-order valence-corrected chi connectivity index (χ3v) is 2.90. The number of halogens is 1. The molecule has 0 heterocycles. The van der Waals surface area contributed by atoms with Crippen LogP contribution in [0.4, 0.5) is 4.39 Å².